The third-order valence-corrected chi connectivity index (χ3v) is 4.07. The monoisotopic (exact) mass is 282 g/mol. The van der Waals surface area contributed by atoms with Crippen molar-refractivity contribution in [1.82, 2.24) is 10.2 Å². The molecular weight excluding hydrogens is 260 g/mol. The summed E-state index contributed by atoms with van der Waals surface area (Å²) in [6.07, 6.45) is 2.24. The summed E-state index contributed by atoms with van der Waals surface area (Å²) in [6.45, 7) is 5.08. The van der Waals surface area contributed by atoms with Crippen LogP contribution in [0.1, 0.15) is 39.5 Å². The van der Waals surface area contributed by atoms with Crippen LogP contribution in [0, 0.1) is 5.41 Å². The molecule has 0 aromatic rings. The highest BCUT2D eigenvalue weighted by Gasteiger charge is 2.42. The van der Waals surface area contributed by atoms with Gasteiger partial charge in [-0.1, -0.05) is 0 Å². The molecular formula is C14H22N2O4. The highest BCUT2D eigenvalue weighted by molar-refractivity contribution is 5.98. The molecule has 2 saturated heterocycles. The molecule has 0 saturated carbocycles. The molecule has 0 aromatic carbocycles. The van der Waals surface area contributed by atoms with E-state index in [0.717, 1.165) is 0 Å². The number of amides is 3. The molecule has 6 nitrogen and oxygen atoms in total. The number of likely N-dealkylation sites (tertiary alicyclic amines) is 1. The molecule has 0 aliphatic carbocycles. The minimum absolute atomic E-state index is 0.0138. The van der Waals surface area contributed by atoms with Crippen LogP contribution >= 0.6 is 0 Å². The number of ether oxygens (including phenoxy) is 1. The Morgan fingerprint density at radius 1 is 1.25 bits per heavy atom. The number of carbonyl (C=O) groups is 3. The molecule has 6 heteroatoms. The molecule has 1 spiro atoms. The summed E-state index contributed by atoms with van der Waals surface area (Å²) in [7, 11) is 0. The molecule has 2 fully saturated rings. The fourth-order valence-corrected chi connectivity index (χ4v) is 2.90. The number of imide groups is 1. The maximum Gasteiger partial charge on any atom is 0.248 e. The van der Waals surface area contributed by atoms with Gasteiger partial charge in [-0.2, -0.15) is 0 Å². The van der Waals surface area contributed by atoms with E-state index in [0.29, 0.717) is 38.8 Å². The average Bonchev–Trinajstić information content (AvgIpc) is 2.35. The van der Waals surface area contributed by atoms with E-state index in [1.807, 2.05) is 13.8 Å². The molecule has 2 aliphatic heterocycles. The van der Waals surface area contributed by atoms with Crippen molar-refractivity contribution in [3.8, 4) is 0 Å². The lowest BCUT2D eigenvalue weighted by Crippen LogP contribution is -2.51. The van der Waals surface area contributed by atoms with E-state index in [4.69, 9.17) is 4.74 Å². The topological polar surface area (TPSA) is 75.7 Å². The van der Waals surface area contributed by atoms with E-state index in [9.17, 15) is 14.4 Å². The Balaban J connectivity index is 1.87. The third kappa shape index (κ3) is 3.56. The summed E-state index contributed by atoms with van der Waals surface area (Å²) in [5.74, 6) is -0.395. The van der Waals surface area contributed by atoms with Crippen molar-refractivity contribution in [2.45, 2.75) is 45.6 Å². The number of piperidine rings is 2. The largest absolute Gasteiger partial charge is 0.369 e. The van der Waals surface area contributed by atoms with E-state index < -0.39 is 0 Å². The standard InChI is InChI=1S/C14H22N2O4/c1-10(2)20-9-13(19)16-5-3-14(4-6-16)7-11(17)15-12(18)8-14/h10H,3-9H2,1-2H3,(H,15,17,18). The van der Waals surface area contributed by atoms with Crippen molar-refractivity contribution in [2.75, 3.05) is 19.7 Å². The van der Waals surface area contributed by atoms with Crippen LogP contribution in [0.4, 0.5) is 0 Å². The van der Waals surface area contributed by atoms with Crippen LogP contribution < -0.4 is 5.32 Å². The normalized spacial score (nSPS) is 22.2. The van der Waals surface area contributed by atoms with Gasteiger partial charge in [0, 0.05) is 25.9 Å². The van der Waals surface area contributed by atoms with Crippen molar-refractivity contribution < 1.29 is 19.1 Å². The number of rotatable bonds is 3. The summed E-state index contributed by atoms with van der Waals surface area (Å²) in [5.41, 5.74) is -0.241. The van der Waals surface area contributed by atoms with E-state index in [-0.39, 0.29) is 35.8 Å². The average molecular weight is 282 g/mol. The van der Waals surface area contributed by atoms with Gasteiger partial charge < -0.3 is 9.64 Å². The predicted octanol–water partition coefficient (Wildman–Crippen LogP) is 0.457. The number of nitrogens with zero attached hydrogens (tertiary/aromatic N) is 1. The second-order valence-electron chi connectivity index (χ2n) is 6.07. The molecule has 1 N–H and O–H groups in total. The molecule has 0 unspecified atom stereocenters. The molecule has 112 valence electrons. The van der Waals surface area contributed by atoms with Gasteiger partial charge in [-0.3, -0.25) is 19.7 Å². The highest BCUT2D eigenvalue weighted by atomic mass is 16.5. The van der Waals surface area contributed by atoms with Gasteiger partial charge in [0.2, 0.25) is 17.7 Å². The first-order valence-corrected chi connectivity index (χ1v) is 7.12. The van der Waals surface area contributed by atoms with Crippen molar-refractivity contribution in [1.29, 1.82) is 0 Å². The molecule has 0 atom stereocenters. The van der Waals surface area contributed by atoms with Crippen LogP contribution in [0.25, 0.3) is 0 Å². The van der Waals surface area contributed by atoms with Gasteiger partial charge in [0.05, 0.1) is 6.10 Å². The second kappa shape index (κ2) is 5.91. The first-order chi connectivity index (χ1) is 9.40. The quantitative estimate of drug-likeness (QED) is 0.763. The summed E-state index contributed by atoms with van der Waals surface area (Å²) in [6, 6.07) is 0. The molecule has 2 aliphatic rings. The molecule has 0 bridgehead atoms. The van der Waals surface area contributed by atoms with Crippen molar-refractivity contribution in [2.24, 2.45) is 5.41 Å². The molecule has 3 amide bonds. The maximum atomic E-state index is 12.0. The second-order valence-corrected chi connectivity index (χ2v) is 6.07. The van der Waals surface area contributed by atoms with Crippen molar-refractivity contribution in [3.05, 3.63) is 0 Å². The maximum absolute atomic E-state index is 12.0. The Morgan fingerprint density at radius 3 is 2.30 bits per heavy atom. The molecule has 0 radical (unpaired) electrons. The Hall–Kier alpha value is -1.43. The van der Waals surface area contributed by atoms with E-state index >= 15 is 0 Å². The van der Waals surface area contributed by atoms with E-state index in [1.165, 1.54) is 0 Å². The zero-order valence-corrected chi connectivity index (χ0v) is 12.1. The molecule has 2 heterocycles. The van der Waals surface area contributed by atoms with Crippen LogP contribution in [-0.2, 0) is 19.1 Å². The summed E-state index contributed by atoms with van der Waals surface area (Å²) >= 11 is 0. The van der Waals surface area contributed by atoms with Gasteiger partial charge in [-0.25, -0.2) is 0 Å². The number of hydrogen-bond donors (Lipinski definition) is 1. The molecule has 0 aromatic heterocycles. The van der Waals surface area contributed by atoms with Gasteiger partial charge in [-0.15, -0.1) is 0 Å². The smallest absolute Gasteiger partial charge is 0.248 e. The van der Waals surface area contributed by atoms with Gasteiger partial charge in [-0.05, 0) is 32.1 Å². The highest BCUT2D eigenvalue weighted by Crippen LogP contribution is 2.40. The number of nitrogens with one attached hydrogen (secondary N) is 1. The zero-order valence-electron chi connectivity index (χ0n) is 12.1. The lowest BCUT2D eigenvalue weighted by molar-refractivity contribution is -0.143. The Morgan fingerprint density at radius 2 is 1.80 bits per heavy atom. The lowest BCUT2D eigenvalue weighted by Gasteiger charge is -2.43. The van der Waals surface area contributed by atoms with E-state index in [1.54, 1.807) is 4.90 Å². The Kier molecular flexibility index (Phi) is 4.42. The van der Waals surface area contributed by atoms with Crippen LogP contribution in [0.5, 0.6) is 0 Å². The molecule has 2 rings (SSSR count). The number of carbonyl (C=O) groups excluding carboxylic acids is 3. The summed E-state index contributed by atoms with van der Waals surface area (Å²) in [5, 5.41) is 2.34. The van der Waals surface area contributed by atoms with Gasteiger partial charge in [0.1, 0.15) is 6.61 Å². The van der Waals surface area contributed by atoms with Crippen molar-refractivity contribution in [3.63, 3.8) is 0 Å². The summed E-state index contributed by atoms with van der Waals surface area (Å²) < 4.78 is 5.32. The van der Waals surface area contributed by atoms with E-state index in [2.05, 4.69) is 5.32 Å². The lowest BCUT2D eigenvalue weighted by atomic mass is 9.71. The third-order valence-electron chi connectivity index (χ3n) is 4.07. The molecule has 20 heavy (non-hydrogen) atoms. The zero-order chi connectivity index (χ0) is 14.8. The minimum atomic E-state index is -0.241. The van der Waals surface area contributed by atoms with Gasteiger partial charge >= 0.3 is 0 Å². The van der Waals surface area contributed by atoms with Crippen molar-refractivity contribution >= 4 is 17.7 Å². The predicted molar refractivity (Wildman–Crippen MR) is 71.7 cm³/mol. The van der Waals surface area contributed by atoms with Crippen LogP contribution in [0.2, 0.25) is 0 Å². The first kappa shape index (κ1) is 15.0. The Labute approximate surface area is 118 Å². The van der Waals surface area contributed by atoms with Gasteiger partial charge in [0.25, 0.3) is 0 Å². The van der Waals surface area contributed by atoms with Crippen LogP contribution in [0.3, 0.4) is 0 Å². The number of hydrogen-bond acceptors (Lipinski definition) is 4. The fraction of sp³-hybridized carbons (Fsp3) is 0.786. The summed E-state index contributed by atoms with van der Waals surface area (Å²) in [4.78, 5) is 36.7. The van der Waals surface area contributed by atoms with Gasteiger partial charge in [0.15, 0.2) is 0 Å². The first-order valence-electron chi connectivity index (χ1n) is 7.12. The van der Waals surface area contributed by atoms with Crippen LogP contribution in [0.15, 0.2) is 0 Å². The fourth-order valence-electron chi connectivity index (χ4n) is 2.90. The SMILES string of the molecule is CC(C)OCC(=O)N1CCC2(CC1)CC(=O)NC(=O)C2. The minimum Gasteiger partial charge on any atom is -0.369 e. The van der Waals surface area contributed by atoms with Crippen LogP contribution in [-0.4, -0.2) is 48.4 Å². The Bertz CT molecular complexity index is 393.